The zero-order valence-electron chi connectivity index (χ0n) is 11.1. The maximum atomic E-state index is 13.3. The second kappa shape index (κ2) is 6.73. The molecule has 1 atom stereocenters. The number of hydrogen-bond acceptors (Lipinski definition) is 2. The van der Waals surface area contributed by atoms with Crippen molar-refractivity contribution in [2.45, 2.75) is 19.4 Å². The van der Waals surface area contributed by atoms with E-state index in [2.05, 4.69) is 0 Å². The fraction of sp³-hybridized carbons (Fsp3) is 0.250. The van der Waals surface area contributed by atoms with Crippen LogP contribution in [0.3, 0.4) is 0 Å². The Morgan fingerprint density at radius 2 is 1.90 bits per heavy atom. The van der Waals surface area contributed by atoms with E-state index in [-0.39, 0.29) is 5.02 Å². The molecule has 4 heteroatoms. The summed E-state index contributed by atoms with van der Waals surface area (Å²) < 4.78 is 18.7. The number of aliphatic hydroxyl groups excluding tert-OH is 1. The highest BCUT2D eigenvalue weighted by Crippen LogP contribution is 2.23. The third-order valence-corrected chi connectivity index (χ3v) is 3.30. The first-order chi connectivity index (χ1) is 9.60. The molecule has 2 aromatic rings. The average molecular weight is 295 g/mol. The van der Waals surface area contributed by atoms with Gasteiger partial charge in [-0.2, -0.15) is 0 Å². The lowest BCUT2D eigenvalue weighted by Gasteiger charge is -2.12. The van der Waals surface area contributed by atoms with E-state index in [9.17, 15) is 9.50 Å². The molecular weight excluding hydrogens is 279 g/mol. The molecule has 0 aliphatic rings. The van der Waals surface area contributed by atoms with E-state index in [0.717, 1.165) is 11.3 Å². The Balaban J connectivity index is 2.06. The van der Waals surface area contributed by atoms with Crippen molar-refractivity contribution >= 4 is 11.6 Å². The minimum Gasteiger partial charge on any atom is -0.494 e. The molecule has 0 saturated heterocycles. The number of halogens is 2. The van der Waals surface area contributed by atoms with Gasteiger partial charge in [0.15, 0.2) is 0 Å². The van der Waals surface area contributed by atoms with Gasteiger partial charge in [0.2, 0.25) is 0 Å². The minimum absolute atomic E-state index is 0.0873. The van der Waals surface area contributed by atoms with Gasteiger partial charge in [-0.25, -0.2) is 4.39 Å². The monoisotopic (exact) mass is 294 g/mol. The molecule has 0 aromatic heterocycles. The molecule has 0 saturated carbocycles. The largest absolute Gasteiger partial charge is 0.494 e. The van der Waals surface area contributed by atoms with Crippen LogP contribution in [-0.2, 0) is 6.42 Å². The third-order valence-electron chi connectivity index (χ3n) is 2.99. The second-order valence-corrected chi connectivity index (χ2v) is 4.88. The molecule has 0 amide bonds. The summed E-state index contributed by atoms with van der Waals surface area (Å²) in [5.74, 6) is 0.295. The minimum atomic E-state index is -0.689. The van der Waals surface area contributed by atoms with E-state index in [4.69, 9.17) is 16.3 Å². The van der Waals surface area contributed by atoms with Crippen molar-refractivity contribution in [3.63, 3.8) is 0 Å². The van der Waals surface area contributed by atoms with Gasteiger partial charge in [-0.15, -0.1) is 0 Å². The Bertz CT molecular complexity index is 569. The van der Waals surface area contributed by atoms with E-state index in [1.165, 1.54) is 12.1 Å². The summed E-state index contributed by atoms with van der Waals surface area (Å²) in [4.78, 5) is 0. The highest BCUT2D eigenvalue weighted by molar-refractivity contribution is 6.30. The average Bonchev–Trinajstić information content (AvgIpc) is 2.44. The Kier molecular flexibility index (Phi) is 4.99. The standard InChI is InChI=1S/C16H16ClFO2/c1-2-20-13-6-4-12(5-7-13)16(19)10-11-3-8-14(17)15(18)9-11/h3-9,16,19H,2,10H2,1H3. The smallest absolute Gasteiger partial charge is 0.142 e. The summed E-state index contributed by atoms with van der Waals surface area (Å²) in [7, 11) is 0. The molecule has 0 aliphatic carbocycles. The zero-order valence-corrected chi connectivity index (χ0v) is 11.9. The number of hydrogen-bond donors (Lipinski definition) is 1. The van der Waals surface area contributed by atoms with Gasteiger partial charge in [0.05, 0.1) is 17.7 Å². The second-order valence-electron chi connectivity index (χ2n) is 4.47. The molecule has 20 heavy (non-hydrogen) atoms. The normalized spacial score (nSPS) is 12.2. The predicted octanol–water partition coefficient (Wildman–Crippen LogP) is 4.15. The SMILES string of the molecule is CCOc1ccc(C(O)Cc2ccc(Cl)c(F)c2)cc1. The highest BCUT2D eigenvalue weighted by Gasteiger charge is 2.10. The van der Waals surface area contributed by atoms with E-state index in [1.807, 2.05) is 31.2 Å². The Labute approximate surface area is 122 Å². The van der Waals surface area contributed by atoms with Crippen LogP contribution in [0.15, 0.2) is 42.5 Å². The van der Waals surface area contributed by atoms with Crippen LogP contribution in [0.5, 0.6) is 5.75 Å². The maximum absolute atomic E-state index is 13.3. The molecule has 0 fully saturated rings. The lowest BCUT2D eigenvalue weighted by Crippen LogP contribution is -2.02. The number of rotatable bonds is 5. The highest BCUT2D eigenvalue weighted by atomic mass is 35.5. The lowest BCUT2D eigenvalue weighted by atomic mass is 10.0. The Hall–Kier alpha value is -1.58. The first-order valence-electron chi connectivity index (χ1n) is 6.45. The molecule has 2 nitrogen and oxygen atoms in total. The number of aliphatic hydroxyl groups is 1. The zero-order chi connectivity index (χ0) is 14.5. The third kappa shape index (κ3) is 3.71. The molecule has 2 aromatic carbocycles. The van der Waals surface area contributed by atoms with Crippen molar-refractivity contribution in [1.82, 2.24) is 0 Å². The van der Waals surface area contributed by atoms with Gasteiger partial charge < -0.3 is 9.84 Å². The molecule has 0 spiro atoms. The number of ether oxygens (including phenoxy) is 1. The van der Waals surface area contributed by atoms with Gasteiger partial charge in [0, 0.05) is 6.42 Å². The van der Waals surface area contributed by atoms with Crippen LogP contribution in [0, 0.1) is 5.82 Å². The van der Waals surface area contributed by atoms with Crippen molar-refractivity contribution in [2.24, 2.45) is 0 Å². The van der Waals surface area contributed by atoms with E-state index in [0.29, 0.717) is 18.6 Å². The fourth-order valence-corrected chi connectivity index (χ4v) is 2.08. The molecule has 1 unspecified atom stereocenters. The Morgan fingerprint density at radius 3 is 2.50 bits per heavy atom. The van der Waals surface area contributed by atoms with Crippen LogP contribution in [0.1, 0.15) is 24.2 Å². The van der Waals surface area contributed by atoms with Crippen LogP contribution < -0.4 is 4.74 Å². The molecule has 1 N–H and O–H groups in total. The van der Waals surface area contributed by atoms with Gasteiger partial charge in [-0.1, -0.05) is 29.8 Å². The van der Waals surface area contributed by atoms with Crippen LogP contribution >= 0.6 is 11.6 Å². The summed E-state index contributed by atoms with van der Waals surface area (Å²) in [6, 6.07) is 11.8. The molecular formula is C16H16ClFO2. The lowest BCUT2D eigenvalue weighted by molar-refractivity contribution is 0.178. The molecule has 0 heterocycles. The summed E-state index contributed by atoms with van der Waals surface area (Å²) >= 11 is 5.63. The van der Waals surface area contributed by atoms with Gasteiger partial charge >= 0.3 is 0 Å². The van der Waals surface area contributed by atoms with Gasteiger partial charge in [-0.3, -0.25) is 0 Å². The molecule has 0 radical (unpaired) electrons. The quantitative estimate of drug-likeness (QED) is 0.897. The topological polar surface area (TPSA) is 29.5 Å². The summed E-state index contributed by atoms with van der Waals surface area (Å²) in [6.07, 6.45) is -0.353. The molecule has 2 rings (SSSR count). The van der Waals surface area contributed by atoms with Crippen molar-refractivity contribution < 1.29 is 14.2 Å². The van der Waals surface area contributed by atoms with Crippen molar-refractivity contribution in [3.8, 4) is 5.75 Å². The van der Waals surface area contributed by atoms with Gasteiger partial charge in [0.1, 0.15) is 11.6 Å². The fourth-order valence-electron chi connectivity index (χ4n) is 1.96. The van der Waals surface area contributed by atoms with Crippen LogP contribution in [-0.4, -0.2) is 11.7 Å². The van der Waals surface area contributed by atoms with Gasteiger partial charge in [-0.05, 0) is 42.3 Å². The summed E-state index contributed by atoms with van der Waals surface area (Å²) in [6.45, 7) is 2.52. The van der Waals surface area contributed by atoms with E-state index in [1.54, 1.807) is 6.07 Å². The van der Waals surface area contributed by atoms with E-state index >= 15 is 0 Å². The first-order valence-corrected chi connectivity index (χ1v) is 6.82. The number of benzene rings is 2. The summed E-state index contributed by atoms with van der Waals surface area (Å²) in [5.41, 5.74) is 1.47. The molecule has 0 aliphatic heterocycles. The Morgan fingerprint density at radius 1 is 1.20 bits per heavy atom. The van der Waals surface area contributed by atoms with Crippen LogP contribution in [0.2, 0.25) is 5.02 Å². The van der Waals surface area contributed by atoms with Crippen LogP contribution in [0.25, 0.3) is 0 Å². The van der Waals surface area contributed by atoms with Crippen molar-refractivity contribution in [2.75, 3.05) is 6.61 Å². The predicted molar refractivity (Wildman–Crippen MR) is 77.7 cm³/mol. The summed E-state index contributed by atoms with van der Waals surface area (Å²) in [5, 5.41) is 10.2. The maximum Gasteiger partial charge on any atom is 0.142 e. The van der Waals surface area contributed by atoms with Crippen LogP contribution in [0.4, 0.5) is 4.39 Å². The first kappa shape index (κ1) is 14.8. The van der Waals surface area contributed by atoms with Crippen molar-refractivity contribution in [1.29, 1.82) is 0 Å². The molecule has 106 valence electrons. The van der Waals surface area contributed by atoms with Gasteiger partial charge in [0.25, 0.3) is 0 Å². The van der Waals surface area contributed by atoms with Crippen molar-refractivity contribution in [3.05, 3.63) is 64.4 Å². The molecule has 0 bridgehead atoms. The van der Waals surface area contributed by atoms with E-state index < -0.39 is 11.9 Å².